The first kappa shape index (κ1) is 20.0. The van der Waals surface area contributed by atoms with Gasteiger partial charge in [-0.25, -0.2) is 0 Å². The summed E-state index contributed by atoms with van der Waals surface area (Å²) in [5.41, 5.74) is 1.33. The number of benzene rings is 1. The minimum atomic E-state index is -0.0225. The van der Waals surface area contributed by atoms with Gasteiger partial charge in [0.15, 0.2) is 0 Å². The van der Waals surface area contributed by atoms with Crippen LogP contribution in [0.3, 0.4) is 0 Å². The molecule has 0 N–H and O–H groups in total. The van der Waals surface area contributed by atoms with Crippen molar-refractivity contribution in [2.24, 2.45) is 11.8 Å². The predicted octanol–water partition coefficient (Wildman–Crippen LogP) is 6.71. The van der Waals surface area contributed by atoms with Gasteiger partial charge in [0.05, 0.1) is 5.92 Å². The Morgan fingerprint density at radius 1 is 0.920 bits per heavy atom. The Bertz CT molecular complexity index is 483. The number of hydrogen-bond donors (Lipinski definition) is 0. The Hall–Kier alpha value is -1.31. The molecule has 140 valence electrons. The zero-order valence-electron chi connectivity index (χ0n) is 16.3. The van der Waals surface area contributed by atoms with Crippen molar-refractivity contribution in [3.8, 4) is 5.75 Å². The second kappa shape index (κ2) is 11.3. The van der Waals surface area contributed by atoms with Gasteiger partial charge in [0.2, 0.25) is 0 Å². The van der Waals surface area contributed by atoms with E-state index >= 15 is 0 Å². The molecule has 0 spiro atoms. The molecule has 2 heteroatoms. The molecule has 2 nitrogen and oxygen atoms in total. The molecule has 1 saturated carbocycles. The summed E-state index contributed by atoms with van der Waals surface area (Å²) in [5, 5.41) is 0. The van der Waals surface area contributed by atoms with Crippen LogP contribution in [-0.4, -0.2) is 5.97 Å². The summed E-state index contributed by atoms with van der Waals surface area (Å²) in [4.78, 5) is 12.4. The summed E-state index contributed by atoms with van der Waals surface area (Å²) < 4.78 is 5.63. The average molecular weight is 345 g/mol. The second-order valence-corrected chi connectivity index (χ2v) is 7.74. The highest BCUT2D eigenvalue weighted by atomic mass is 16.5. The Labute approximate surface area is 154 Å². The number of rotatable bonds is 10. The molecule has 1 aromatic carbocycles. The number of carbonyl (C=O) groups excluding carboxylic acids is 1. The van der Waals surface area contributed by atoms with E-state index in [9.17, 15) is 4.79 Å². The van der Waals surface area contributed by atoms with Gasteiger partial charge in [0.25, 0.3) is 0 Å². The molecular weight excluding hydrogens is 308 g/mol. The molecule has 25 heavy (non-hydrogen) atoms. The van der Waals surface area contributed by atoms with Crippen molar-refractivity contribution < 1.29 is 9.53 Å². The van der Waals surface area contributed by atoms with E-state index in [1.165, 1.54) is 63.4 Å². The molecule has 0 radical (unpaired) electrons. The van der Waals surface area contributed by atoms with E-state index in [0.717, 1.165) is 25.2 Å². The van der Waals surface area contributed by atoms with E-state index in [1.54, 1.807) is 0 Å². The summed E-state index contributed by atoms with van der Waals surface area (Å²) in [6, 6.07) is 8.11. The fraction of sp³-hybridized carbons (Fsp3) is 0.696. The van der Waals surface area contributed by atoms with Gasteiger partial charge < -0.3 is 4.74 Å². The van der Waals surface area contributed by atoms with Crippen LogP contribution in [0.25, 0.3) is 0 Å². The first-order valence-corrected chi connectivity index (χ1v) is 10.5. The van der Waals surface area contributed by atoms with Crippen LogP contribution in [0.2, 0.25) is 0 Å². The van der Waals surface area contributed by atoms with Crippen molar-refractivity contribution in [3.63, 3.8) is 0 Å². The van der Waals surface area contributed by atoms with Gasteiger partial charge in [-0.05, 0) is 62.1 Å². The summed E-state index contributed by atoms with van der Waals surface area (Å²) in [6.45, 7) is 4.48. The van der Waals surface area contributed by atoms with Crippen LogP contribution < -0.4 is 4.74 Å². The quantitative estimate of drug-likeness (QED) is 0.268. The largest absolute Gasteiger partial charge is 0.426 e. The van der Waals surface area contributed by atoms with E-state index in [-0.39, 0.29) is 11.9 Å². The molecule has 0 amide bonds. The third-order valence-electron chi connectivity index (χ3n) is 5.61. The van der Waals surface area contributed by atoms with Gasteiger partial charge in [0.1, 0.15) is 5.75 Å². The van der Waals surface area contributed by atoms with Gasteiger partial charge in [-0.15, -0.1) is 0 Å². The van der Waals surface area contributed by atoms with E-state index in [0.29, 0.717) is 5.75 Å². The minimum Gasteiger partial charge on any atom is -0.426 e. The van der Waals surface area contributed by atoms with Crippen molar-refractivity contribution in [1.29, 1.82) is 0 Å². The van der Waals surface area contributed by atoms with E-state index in [1.807, 2.05) is 12.1 Å². The van der Waals surface area contributed by atoms with Crippen LogP contribution in [0.5, 0.6) is 5.75 Å². The fourth-order valence-corrected chi connectivity index (χ4v) is 3.87. The summed E-state index contributed by atoms with van der Waals surface area (Å²) in [6.07, 6.45) is 14.6. The van der Waals surface area contributed by atoms with Gasteiger partial charge >= 0.3 is 5.97 Å². The lowest BCUT2D eigenvalue weighted by molar-refractivity contribution is -0.140. The van der Waals surface area contributed by atoms with Crippen molar-refractivity contribution in [2.75, 3.05) is 0 Å². The number of carbonyl (C=O) groups is 1. The third-order valence-corrected chi connectivity index (χ3v) is 5.61. The average Bonchev–Trinajstić information content (AvgIpc) is 2.64. The Balaban J connectivity index is 1.71. The molecule has 1 aromatic rings. The van der Waals surface area contributed by atoms with Crippen molar-refractivity contribution >= 4 is 5.97 Å². The number of hydrogen-bond acceptors (Lipinski definition) is 2. The SMILES string of the molecule is CCCCCc1ccc(OC(=O)C2CCC(CCCCC)CC2)cc1. The highest BCUT2D eigenvalue weighted by molar-refractivity contribution is 5.75. The third kappa shape index (κ3) is 7.22. The molecule has 0 aliphatic heterocycles. The molecule has 2 rings (SSSR count). The molecule has 0 atom stereocenters. The Morgan fingerprint density at radius 3 is 2.20 bits per heavy atom. The lowest BCUT2D eigenvalue weighted by Crippen LogP contribution is -2.25. The number of unbranched alkanes of at least 4 members (excludes halogenated alkanes) is 4. The first-order valence-electron chi connectivity index (χ1n) is 10.5. The zero-order valence-corrected chi connectivity index (χ0v) is 16.3. The lowest BCUT2D eigenvalue weighted by Gasteiger charge is -2.27. The molecule has 0 heterocycles. The molecule has 1 fully saturated rings. The van der Waals surface area contributed by atoms with Gasteiger partial charge in [0, 0.05) is 0 Å². The number of esters is 1. The molecule has 0 aromatic heterocycles. The molecule has 0 bridgehead atoms. The highest BCUT2D eigenvalue weighted by Gasteiger charge is 2.27. The van der Waals surface area contributed by atoms with Crippen LogP contribution in [0.15, 0.2) is 24.3 Å². The van der Waals surface area contributed by atoms with E-state index in [2.05, 4.69) is 26.0 Å². The van der Waals surface area contributed by atoms with Crippen LogP contribution in [0.1, 0.15) is 90.0 Å². The summed E-state index contributed by atoms with van der Waals surface area (Å²) in [5.74, 6) is 1.62. The van der Waals surface area contributed by atoms with Gasteiger partial charge in [-0.3, -0.25) is 4.79 Å². The second-order valence-electron chi connectivity index (χ2n) is 7.74. The molecule has 1 aliphatic carbocycles. The van der Waals surface area contributed by atoms with Gasteiger partial charge in [-0.1, -0.05) is 64.5 Å². The Kier molecular flexibility index (Phi) is 9.07. The number of aryl methyl sites for hydroxylation is 1. The number of ether oxygens (including phenoxy) is 1. The standard InChI is InChI=1S/C23H36O2/c1-3-5-7-9-19-11-15-21(16-12-19)23(24)25-22-17-13-20(14-18-22)10-8-6-4-2/h13-14,17-19,21H,3-12,15-16H2,1-2H3. The first-order chi connectivity index (χ1) is 12.2. The van der Waals surface area contributed by atoms with Crippen LogP contribution in [-0.2, 0) is 11.2 Å². The molecular formula is C23H36O2. The molecule has 0 saturated heterocycles. The maximum Gasteiger partial charge on any atom is 0.314 e. The zero-order chi connectivity index (χ0) is 17.9. The van der Waals surface area contributed by atoms with Crippen LogP contribution in [0.4, 0.5) is 0 Å². The minimum absolute atomic E-state index is 0.0225. The maximum atomic E-state index is 12.4. The van der Waals surface area contributed by atoms with Gasteiger partial charge in [-0.2, -0.15) is 0 Å². The lowest BCUT2D eigenvalue weighted by atomic mass is 9.80. The van der Waals surface area contributed by atoms with E-state index < -0.39 is 0 Å². The van der Waals surface area contributed by atoms with Crippen LogP contribution in [0, 0.1) is 11.8 Å². The summed E-state index contributed by atoms with van der Waals surface area (Å²) >= 11 is 0. The van der Waals surface area contributed by atoms with Crippen molar-refractivity contribution in [2.45, 2.75) is 90.9 Å². The summed E-state index contributed by atoms with van der Waals surface area (Å²) in [7, 11) is 0. The molecule has 0 unspecified atom stereocenters. The normalized spacial score (nSPS) is 20.4. The Morgan fingerprint density at radius 2 is 1.56 bits per heavy atom. The topological polar surface area (TPSA) is 26.3 Å². The monoisotopic (exact) mass is 344 g/mol. The highest BCUT2D eigenvalue weighted by Crippen LogP contribution is 2.33. The van der Waals surface area contributed by atoms with Crippen molar-refractivity contribution in [1.82, 2.24) is 0 Å². The van der Waals surface area contributed by atoms with Crippen molar-refractivity contribution in [3.05, 3.63) is 29.8 Å². The fourth-order valence-electron chi connectivity index (χ4n) is 3.87. The van der Waals surface area contributed by atoms with E-state index in [4.69, 9.17) is 4.74 Å². The predicted molar refractivity (Wildman–Crippen MR) is 105 cm³/mol. The smallest absolute Gasteiger partial charge is 0.314 e. The van der Waals surface area contributed by atoms with Crippen LogP contribution >= 0.6 is 0 Å². The molecule has 1 aliphatic rings. The maximum absolute atomic E-state index is 12.4.